The largest absolute Gasteiger partial charge is 0.457 e. The van der Waals surface area contributed by atoms with Crippen molar-refractivity contribution in [3.05, 3.63) is 135 Å². The second-order valence-corrected chi connectivity index (χ2v) is 20.1. The standard InChI is InChI=1S/C55H64Cl2F2N8O7/c1-34-29-61-50(68)26-42(23-37-14-17-40(56)18-15-37)64(4)55(72)46(33-73-6)62-53(70)35(2)67(51(69)24-39(54(71)63(34)3)22-36-12-8-7-9-13-36)31-38-16-19-41(57)25-48(38)74-43-27-44(58)52(45(59)28-43)47-30-60-49(65(47)5)32-66-20-10-11-21-66/h7-9,12-19,25,27-28,30,34-35,39,42,46H,10-11,20-24,26,29,31-33H2,1-6H3,(H,61,68)(H,62,70)/t34-,35-,39+,42-,46-/m0/s1. The molecule has 2 N–H and O–H groups in total. The molecular formula is C55H64Cl2F2N8O7. The highest BCUT2D eigenvalue weighted by atomic mass is 35.5. The minimum absolute atomic E-state index is 0.0330. The van der Waals surface area contributed by atoms with Gasteiger partial charge in [0.05, 0.1) is 43.1 Å². The molecule has 1 aromatic heterocycles. The van der Waals surface area contributed by atoms with Crippen molar-refractivity contribution in [1.82, 2.24) is 39.8 Å². The summed E-state index contributed by atoms with van der Waals surface area (Å²) >= 11 is 12.7. The number of hydrogen-bond donors (Lipinski definition) is 2. The van der Waals surface area contributed by atoms with Gasteiger partial charge in [-0.2, -0.15) is 0 Å². The third-order valence-electron chi connectivity index (χ3n) is 14.0. The summed E-state index contributed by atoms with van der Waals surface area (Å²) in [5.74, 6) is -4.86. The van der Waals surface area contributed by atoms with Crippen LogP contribution in [0.5, 0.6) is 11.5 Å². The molecule has 2 aliphatic rings. The molecular weight excluding hydrogens is 994 g/mol. The molecule has 0 unspecified atom stereocenters. The van der Waals surface area contributed by atoms with E-state index >= 15 is 13.6 Å². The van der Waals surface area contributed by atoms with Crippen LogP contribution in [0.25, 0.3) is 11.3 Å². The number of likely N-dealkylation sites (N-methyl/N-ethyl adjacent to an activating group) is 2. The zero-order valence-corrected chi connectivity index (χ0v) is 44.1. The summed E-state index contributed by atoms with van der Waals surface area (Å²) < 4.78 is 45.6. The van der Waals surface area contributed by atoms with Gasteiger partial charge >= 0.3 is 0 Å². The lowest BCUT2D eigenvalue weighted by Crippen LogP contribution is -2.57. The normalized spacial score (nSPS) is 21.1. The van der Waals surface area contributed by atoms with Gasteiger partial charge in [-0.1, -0.05) is 71.7 Å². The number of hydrogen-bond acceptors (Lipinski definition) is 9. The Morgan fingerprint density at radius 2 is 1.43 bits per heavy atom. The van der Waals surface area contributed by atoms with E-state index in [0.29, 0.717) is 23.0 Å². The number of nitrogens with zero attached hydrogens (tertiary/aromatic N) is 6. The number of carbonyl (C=O) groups is 5. The highest BCUT2D eigenvalue weighted by Crippen LogP contribution is 2.35. The van der Waals surface area contributed by atoms with Crippen molar-refractivity contribution in [1.29, 1.82) is 0 Å². The van der Waals surface area contributed by atoms with Crippen LogP contribution in [0.15, 0.2) is 91.1 Å². The van der Waals surface area contributed by atoms with Crippen LogP contribution in [0.2, 0.25) is 10.0 Å². The van der Waals surface area contributed by atoms with Gasteiger partial charge < -0.3 is 39.4 Å². The van der Waals surface area contributed by atoms with Crippen LogP contribution in [-0.2, 0) is 61.7 Å². The number of benzene rings is 4. The topological polar surface area (TPSA) is 159 Å². The smallest absolute Gasteiger partial charge is 0.247 e. The second kappa shape index (κ2) is 25.2. The van der Waals surface area contributed by atoms with Crippen LogP contribution in [0.1, 0.15) is 62.0 Å². The number of nitrogens with one attached hydrogen (secondary N) is 2. The van der Waals surface area contributed by atoms with E-state index in [9.17, 15) is 19.2 Å². The van der Waals surface area contributed by atoms with E-state index in [2.05, 4.69) is 20.5 Å². The summed E-state index contributed by atoms with van der Waals surface area (Å²) in [6.07, 6.45) is 3.56. The molecule has 5 aromatic rings. The van der Waals surface area contributed by atoms with E-state index in [4.69, 9.17) is 32.7 Å². The molecule has 2 aliphatic heterocycles. The summed E-state index contributed by atoms with van der Waals surface area (Å²) in [6, 6.07) is 19.1. The molecule has 2 fully saturated rings. The number of likely N-dealkylation sites (tertiary alicyclic amines) is 1. The maximum absolute atomic E-state index is 16.1. The fourth-order valence-electron chi connectivity index (χ4n) is 9.43. The van der Waals surface area contributed by atoms with Gasteiger partial charge in [0, 0.05) is 87.5 Å². The van der Waals surface area contributed by atoms with Crippen molar-refractivity contribution < 1.29 is 42.2 Å². The second-order valence-electron chi connectivity index (χ2n) is 19.3. The number of imidazole rings is 1. The van der Waals surface area contributed by atoms with E-state index in [0.717, 1.165) is 49.2 Å². The summed E-state index contributed by atoms with van der Waals surface area (Å²) in [6.45, 7) is 5.19. The lowest BCUT2D eigenvalue weighted by molar-refractivity contribution is -0.147. The van der Waals surface area contributed by atoms with Gasteiger partial charge in [0.2, 0.25) is 29.5 Å². The van der Waals surface area contributed by atoms with E-state index in [-0.39, 0.29) is 85.0 Å². The van der Waals surface area contributed by atoms with E-state index < -0.39 is 59.4 Å². The number of methoxy groups -OCH3 is 1. The van der Waals surface area contributed by atoms with E-state index in [1.165, 1.54) is 41.0 Å². The Balaban J connectivity index is 1.23. The van der Waals surface area contributed by atoms with Crippen LogP contribution in [-0.4, -0.2) is 130 Å². The summed E-state index contributed by atoms with van der Waals surface area (Å²) in [5, 5.41) is 6.45. The molecule has 19 heteroatoms. The number of aromatic nitrogens is 2. The molecule has 3 heterocycles. The predicted molar refractivity (Wildman–Crippen MR) is 278 cm³/mol. The molecule has 4 aromatic carbocycles. The maximum Gasteiger partial charge on any atom is 0.247 e. The van der Waals surface area contributed by atoms with Crippen LogP contribution in [0.4, 0.5) is 8.78 Å². The Morgan fingerprint density at radius 1 is 0.770 bits per heavy atom. The Kier molecular flexibility index (Phi) is 18.9. The first-order valence-electron chi connectivity index (χ1n) is 24.8. The Labute approximate surface area is 441 Å². The minimum atomic E-state index is -1.30. The molecule has 0 bridgehead atoms. The first-order chi connectivity index (χ1) is 35.4. The van der Waals surface area contributed by atoms with Crippen molar-refractivity contribution in [3.63, 3.8) is 0 Å². The highest BCUT2D eigenvalue weighted by molar-refractivity contribution is 6.31. The quantitative estimate of drug-likeness (QED) is 0.121. The zero-order chi connectivity index (χ0) is 53.2. The predicted octanol–water partition coefficient (Wildman–Crippen LogP) is 7.59. The van der Waals surface area contributed by atoms with Crippen LogP contribution >= 0.6 is 23.2 Å². The average Bonchev–Trinajstić information content (AvgIpc) is 4.03. The molecule has 0 radical (unpaired) electrons. The van der Waals surface area contributed by atoms with Crippen LogP contribution in [0, 0.1) is 17.6 Å². The molecule has 2 saturated heterocycles. The van der Waals surface area contributed by atoms with Crippen LogP contribution in [0.3, 0.4) is 0 Å². The Morgan fingerprint density at radius 3 is 2.11 bits per heavy atom. The van der Waals surface area contributed by atoms with Crippen LogP contribution < -0.4 is 15.4 Å². The van der Waals surface area contributed by atoms with Gasteiger partial charge in [-0.05, 0) is 88.0 Å². The van der Waals surface area contributed by atoms with Crippen molar-refractivity contribution in [2.45, 2.75) is 89.6 Å². The Bertz CT molecular complexity index is 2770. The zero-order valence-electron chi connectivity index (χ0n) is 42.6. The Hall–Kier alpha value is -6.40. The van der Waals surface area contributed by atoms with Gasteiger partial charge in [0.15, 0.2) is 0 Å². The third-order valence-corrected chi connectivity index (χ3v) is 14.5. The molecule has 5 atom stereocenters. The number of carbonyl (C=O) groups excluding carboxylic acids is 5. The van der Waals surface area contributed by atoms with Gasteiger partial charge in [-0.25, -0.2) is 13.8 Å². The van der Waals surface area contributed by atoms with Gasteiger partial charge in [-0.15, -0.1) is 0 Å². The molecule has 394 valence electrons. The lowest BCUT2D eigenvalue weighted by Gasteiger charge is -2.35. The maximum atomic E-state index is 16.1. The van der Waals surface area contributed by atoms with Gasteiger partial charge in [-0.3, -0.25) is 28.9 Å². The molecule has 7 rings (SSSR count). The molecule has 15 nitrogen and oxygen atoms in total. The number of halogens is 4. The first-order valence-corrected chi connectivity index (χ1v) is 25.5. The highest BCUT2D eigenvalue weighted by Gasteiger charge is 2.37. The first kappa shape index (κ1) is 55.4. The molecule has 0 spiro atoms. The minimum Gasteiger partial charge on any atom is -0.457 e. The van der Waals surface area contributed by atoms with E-state index in [1.54, 1.807) is 69.0 Å². The number of amides is 5. The summed E-state index contributed by atoms with van der Waals surface area (Å²) in [4.78, 5) is 83.3. The molecule has 74 heavy (non-hydrogen) atoms. The van der Waals surface area contributed by atoms with Crippen molar-refractivity contribution >= 4 is 52.7 Å². The SMILES string of the molecule is COC[C@@H]1NC(=O)[C@H](C)N(Cc2ccc(Cl)cc2Oc2cc(F)c(-c3cnc(CN4CCCC4)n3C)c(F)c2)C(=O)C[C@@H](Cc2ccccc2)C(=O)N(C)[C@@H](C)CNC(=O)C[C@H](Cc2ccc(Cl)cc2)N(C)C1=O. The molecule has 0 aliphatic carbocycles. The summed E-state index contributed by atoms with van der Waals surface area (Å²) in [5.41, 5.74) is 1.86. The molecule has 0 saturated carbocycles. The lowest BCUT2D eigenvalue weighted by atomic mass is 9.93. The number of ether oxygens (including phenoxy) is 2. The summed E-state index contributed by atoms with van der Waals surface area (Å²) in [7, 11) is 6.25. The average molecular weight is 1060 g/mol. The van der Waals surface area contributed by atoms with Crippen molar-refractivity contribution in [2.75, 3.05) is 47.4 Å². The fraction of sp³-hybridized carbons (Fsp3) is 0.418. The monoisotopic (exact) mass is 1060 g/mol. The van der Waals surface area contributed by atoms with E-state index in [1.807, 2.05) is 30.3 Å². The third kappa shape index (κ3) is 13.8. The fourth-order valence-corrected chi connectivity index (χ4v) is 9.72. The van der Waals surface area contributed by atoms with Gasteiger partial charge in [0.1, 0.15) is 41.0 Å². The molecule has 5 amide bonds. The number of rotatable bonds is 13. The van der Waals surface area contributed by atoms with Gasteiger partial charge in [0.25, 0.3) is 0 Å². The van der Waals surface area contributed by atoms with Crippen molar-refractivity contribution in [3.8, 4) is 22.8 Å². The van der Waals surface area contributed by atoms with Crippen molar-refractivity contribution in [2.24, 2.45) is 13.0 Å².